The van der Waals surface area contributed by atoms with Crippen LogP contribution in [0.2, 0.25) is 5.02 Å². The molecule has 0 spiro atoms. The van der Waals surface area contributed by atoms with Gasteiger partial charge in [0.05, 0.1) is 11.4 Å². The minimum absolute atomic E-state index is 0.0378. The summed E-state index contributed by atoms with van der Waals surface area (Å²) in [6.45, 7) is 5.57. The van der Waals surface area contributed by atoms with Gasteiger partial charge < -0.3 is 9.30 Å². The lowest BCUT2D eigenvalue weighted by atomic mass is 10.1. The monoisotopic (exact) mass is 447 g/mol. The molecule has 1 aromatic carbocycles. The van der Waals surface area contributed by atoms with E-state index in [1.165, 1.54) is 0 Å². The van der Waals surface area contributed by atoms with E-state index in [0.29, 0.717) is 9.76 Å². The first-order valence-corrected chi connectivity index (χ1v) is 9.56. The molecule has 3 rings (SSSR count). The Morgan fingerprint density at radius 2 is 1.74 bits per heavy atom. The van der Waals surface area contributed by atoms with Crippen LogP contribution in [0.4, 0.5) is 0 Å². The molecule has 7 heteroatoms. The Morgan fingerprint density at radius 1 is 1.11 bits per heavy atom. The Kier molecular flexibility index (Phi) is 5.67. The second kappa shape index (κ2) is 7.82. The zero-order chi connectivity index (χ0) is 19.6. The third kappa shape index (κ3) is 4.76. The molecule has 0 aliphatic carbocycles. The first-order valence-electron chi connectivity index (χ1n) is 8.39. The van der Waals surface area contributed by atoms with E-state index in [0.717, 1.165) is 22.5 Å². The van der Waals surface area contributed by atoms with Crippen molar-refractivity contribution in [1.29, 1.82) is 0 Å². The van der Waals surface area contributed by atoms with Crippen molar-refractivity contribution in [2.75, 3.05) is 0 Å². The summed E-state index contributed by atoms with van der Waals surface area (Å²) in [5, 5.41) is 0.650. The number of hydrogen-bond acceptors (Lipinski definition) is 4. The number of carbonyl (C=O) groups is 1. The Labute approximate surface area is 171 Å². The van der Waals surface area contributed by atoms with Crippen molar-refractivity contribution >= 4 is 33.5 Å². The summed E-state index contributed by atoms with van der Waals surface area (Å²) in [6.07, 6.45) is 3.42. The van der Waals surface area contributed by atoms with Crippen molar-refractivity contribution in [3.05, 3.63) is 58.5 Å². The quantitative estimate of drug-likeness (QED) is 0.504. The highest BCUT2D eigenvalue weighted by atomic mass is 79.9. The zero-order valence-corrected chi connectivity index (χ0v) is 17.6. The topological polar surface area (TPSA) is 57.0 Å². The Morgan fingerprint density at radius 3 is 2.33 bits per heavy atom. The number of imidazole rings is 1. The normalized spacial score (nSPS) is 11.4. The van der Waals surface area contributed by atoms with Gasteiger partial charge >= 0.3 is 5.97 Å². The van der Waals surface area contributed by atoms with Crippen LogP contribution in [0.5, 0.6) is 0 Å². The van der Waals surface area contributed by atoms with Crippen molar-refractivity contribution in [2.45, 2.75) is 32.9 Å². The van der Waals surface area contributed by atoms with Crippen LogP contribution < -0.4 is 0 Å². The van der Waals surface area contributed by atoms with Crippen molar-refractivity contribution in [3.8, 4) is 22.5 Å². The molecule has 0 aliphatic rings. The molecule has 2 aromatic heterocycles. The maximum absolute atomic E-state index is 12.4. The number of hydrogen-bond donors (Lipinski definition) is 0. The molecule has 0 amide bonds. The van der Waals surface area contributed by atoms with E-state index in [4.69, 9.17) is 16.3 Å². The second-order valence-corrected chi connectivity index (χ2v) is 8.14. The molecule has 0 saturated carbocycles. The molecule has 3 aromatic rings. The number of benzene rings is 1. The fraction of sp³-hybridized carbons (Fsp3) is 0.250. The Hall–Kier alpha value is -2.18. The SMILES string of the molecule is CC(C)(C)OC(=O)Cn1c(Br)nc(-c2ccc(Cl)cc2)c1-c1ccncc1. The summed E-state index contributed by atoms with van der Waals surface area (Å²) in [6, 6.07) is 11.2. The van der Waals surface area contributed by atoms with Crippen LogP contribution in [0.25, 0.3) is 22.5 Å². The number of carbonyl (C=O) groups excluding carboxylic acids is 1. The molecule has 0 fully saturated rings. The lowest BCUT2D eigenvalue weighted by Crippen LogP contribution is -2.26. The predicted octanol–water partition coefficient (Wildman–Crippen LogP) is 5.37. The van der Waals surface area contributed by atoms with E-state index < -0.39 is 5.60 Å². The van der Waals surface area contributed by atoms with Crippen LogP contribution in [0, 0.1) is 0 Å². The summed E-state index contributed by atoms with van der Waals surface area (Å²) in [7, 11) is 0. The van der Waals surface area contributed by atoms with Crippen LogP contribution in [0.15, 0.2) is 53.5 Å². The van der Waals surface area contributed by atoms with Gasteiger partial charge in [-0.1, -0.05) is 23.7 Å². The fourth-order valence-corrected chi connectivity index (χ4v) is 3.29. The first kappa shape index (κ1) is 19.6. The zero-order valence-electron chi connectivity index (χ0n) is 15.2. The van der Waals surface area contributed by atoms with Gasteiger partial charge in [0.15, 0.2) is 4.73 Å². The predicted molar refractivity (Wildman–Crippen MR) is 109 cm³/mol. The molecule has 0 unspecified atom stereocenters. The first-order chi connectivity index (χ1) is 12.7. The molecule has 0 atom stereocenters. The van der Waals surface area contributed by atoms with Gasteiger partial charge in [-0.2, -0.15) is 0 Å². The van der Waals surface area contributed by atoms with E-state index in [1.807, 2.05) is 57.2 Å². The van der Waals surface area contributed by atoms with Crippen LogP contribution in [0.3, 0.4) is 0 Å². The Balaban J connectivity index is 2.10. The maximum Gasteiger partial charge on any atom is 0.326 e. The average molecular weight is 449 g/mol. The molecule has 0 saturated heterocycles. The largest absolute Gasteiger partial charge is 0.459 e. The number of esters is 1. The lowest BCUT2D eigenvalue weighted by Gasteiger charge is -2.20. The molecular weight excluding hydrogens is 430 g/mol. The van der Waals surface area contributed by atoms with Gasteiger partial charge in [0, 0.05) is 28.5 Å². The third-order valence-corrected chi connectivity index (χ3v) is 4.56. The van der Waals surface area contributed by atoms with Gasteiger partial charge in [-0.15, -0.1) is 0 Å². The second-order valence-electron chi connectivity index (χ2n) is 6.99. The number of halogens is 2. The van der Waals surface area contributed by atoms with Crippen LogP contribution >= 0.6 is 27.5 Å². The highest BCUT2D eigenvalue weighted by Gasteiger charge is 2.23. The number of aromatic nitrogens is 3. The molecule has 5 nitrogen and oxygen atoms in total. The highest BCUT2D eigenvalue weighted by Crippen LogP contribution is 2.35. The van der Waals surface area contributed by atoms with Crippen molar-refractivity contribution < 1.29 is 9.53 Å². The van der Waals surface area contributed by atoms with Crippen molar-refractivity contribution in [1.82, 2.24) is 14.5 Å². The summed E-state index contributed by atoms with van der Waals surface area (Å²) in [5.74, 6) is -0.335. The fourth-order valence-electron chi connectivity index (χ4n) is 2.68. The van der Waals surface area contributed by atoms with Gasteiger partial charge in [-0.05, 0) is 61.0 Å². The van der Waals surface area contributed by atoms with Crippen molar-refractivity contribution in [3.63, 3.8) is 0 Å². The molecule has 0 radical (unpaired) electrons. The van der Waals surface area contributed by atoms with Gasteiger partial charge in [0.2, 0.25) is 0 Å². The van der Waals surface area contributed by atoms with Gasteiger partial charge in [-0.25, -0.2) is 4.98 Å². The van der Waals surface area contributed by atoms with Crippen molar-refractivity contribution in [2.24, 2.45) is 0 Å². The molecule has 140 valence electrons. The smallest absolute Gasteiger partial charge is 0.326 e. The van der Waals surface area contributed by atoms with Gasteiger partial charge in [0.1, 0.15) is 12.1 Å². The molecular formula is C20H19BrClN3O2. The van der Waals surface area contributed by atoms with E-state index in [2.05, 4.69) is 25.9 Å². The van der Waals surface area contributed by atoms with Gasteiger partial charge in [-0.3, -0.25) is 9.78 Å². The van der Waals surface area contributed by atoms with E-state index in [-0.39, 0.29) is 12.5 Å². The molecule has 0 aliphatic heterocycles. The summed E-state index contributed by atoms with van der Waals surface area (Å²) >= 11 is 9.51. The molecule has 27 heavy (non-hydrogen) atoms. The maximum atomic E-state index is 12.4. The van der Waals surface area contributed by atoms with E-state index in [1.54, 1.807) is 17.0 Å². The molecule has 2 heterocycles. The number of ether oxygens (including phenoxy) is 1. The van der Waals surface area contributed by atoms with Crippen LogP contribution in [-0.2, 0) is 16.1 Å². The third-order valence-electron chi connectivity index (χ3n) is 3.70. The lowest BCUT2D eigenvalue weighted by molar-refractivity contribution is -0.155. The van der Waals surface area contributed by atoms with E-state index in [9.17, 15) is 4.79 Å². The van der Waals surface area contributed by atoms with Gasteiger partial charge in [0.25, 0.3) is 0 Å². The standard InChI is InChI=1S/C20H19BrClN3O2/c1-20(2,3)27-16(26)12-25-18(14-8-10-23-11-9-14)17(24-19(25)21)13-4-6-15(22)7-5-13/h4-11H,12H2,1-3H3. The average Bonchev–Trinajstić information content (AvgIpc) is 2.91. The number of nitrogens with zero attached hydrogens (tertiary/aromatic N) is 3. The van der Waals surface area contributed by atoms with E-state index >= 15 is 0 Å². The summed E-state index contributed by atoms with van der Waals surface area (Å²) in [4.78, 5) is 21.2. The van der Waals surface area contributed by atoms with Crippen LogP contribution in [0.1, 0.15) is 20.8 Å². The summed E-state index contributed by atoms with van der Waals surface area (Å²) < 4.78 is 7.83. The minimum atomic E-state index is -0.556. The number of pyridine rings is 1. The highest BCUT2D eigenvalue weighted by molar-refractivity contribution is 9.10. The molecule has 0 N–H and O–H groups in total. The van der Waals surface area contributed by atoms with Crippen LogP contribution in [-0.4, -0.2) is 26.1 Å². The molecule has 0 bridgehead atoms. The Bertz CT molecular complexity index is 948. The minimum Gasteiger partial charge on any atom is -0.459 e. The number of rotatable bonds is 4. The summed E-state index contributed by atoms with van der Waals surface area (Å²) in [5.41, 5.74) is 2.79.